The Morgan fingerprint density at radius 3 is 2.35 bits per heavy atom. The van der Waals surface area contributed by atoms with Gasteiger partial charge in [0.05, 0.1) is 0 Å². The summed E-state index contributed by atoms with van der Waals surface area (Å²) < 4.78 is 5.90. The number of aromatic nitrogens is 3. The zero-order valence-electron chi connectivity index (χ0n) is 11.9. The van der Waals surface area contributed by atoms with Gasteiger partial charge in [-0.2, -0.15) is 15.0 Å². The number of nitrogens with zero attached hydrogens (tertiary/aromatic N) is 4. The lowest BCUT2D eigenvalue weighted by molar-refractivity contribution is 0.142. The second-order valence-electron chi connectivity index (χ2n) is 5.70. The van der Waals surface area contributed by atoms with Gasteiger partial charge in [0, 0.05) is 13.1 Å². The van der Waals surface area contributed by atoms with Crippen molar-refractivity contribution in [1.29, 1.82) is 0 Å². The number of rotatable bonds is 3. The van der Waals surface area contributed by atoms with Crippen molar-refractivity contribution in [3.05, 3.63) is 0 Å². The number of ether oxygens (including phenoxy) is 1. The molecule has 0 unspecified atom stereocenters. The number of hydrogen-bond donors (Lipinski definition) is 1. The first-order chi connectivity index (χ1) is 9.81. The van der Waals surface area contributed by atoms with Crippen molar-refractivity contribution in [2.24, 2.45) is 0 Å². The van der Waals surface area contributed by atoms with Gasteiger partial charge in [0.25, 0.3) is 0 Å². The van der Waals surface area contributed by atoms with Crippen LogP contribution in [-0.4, -0.2) is 34.1 Å². The van der Waals surface area contributed by atoms with Crippen molar-refractivity contribution in [2.75, 3.05) is 23.7 Å². The quantitative estimate of drug-likeness (QED) is 0.912. The summed E-state index contributed by atoms with van der Waals surface area (Å²) >= 11 is 0. The molecule has 0 radical (unpaired) electrons. The summed E-state index contributed by atoms with van der Waals surface area (Å²) in [5.74, 6) is 0.925. The Bertz CT molecular complexity index is 441. The highest BCUT2D eigenvalue weighted by molar-refractivity contribution is 5.36. The molecule has 1 aliphatic heterocycles. The third kappa shape index (κ3) is 3.29. The molecule has 20 heavy (non-hydrogen) atoms. The summed E-state index contributed by atoms with van der Waals surface area (Å²) in [5, 5.41) is 0. The molecule has 6 nitrogen and oxygen atoms in total. The predicted molar refractivity (Wildman–Crippen MR) is 77.8 cm³/mol. The fourth-order valence-electron chi connectivity index (χ4n) is 2.98. The highest BCUT2D eigenvalue weighted by Crippen LogP contribution is 2.23. The van der Waals surface area contributed by atoms with Crippen LogP contribution in [0.3, 0.4) is 0 Å². The van der Waals surface area contributed by atoms with Crippen LogP contribution >= 0.6 is 0 Å². The SMILES string of the molecule is Nc1nc(OC2CCCCC2)nc(N2CCCCC2)n1. The van der Waals surface area contributed by atoms with E-state index in [4.69, 9.17) is 10.5 Å². The van der Waals surface area contributed by atoms with E-state index in [1.165, 1.54) is 38.5 Å². The van der Waals surface area contributed by atoms with Crippen LogP contribution in [0.15, 0.2) is 0 Å². The standard InChI is InChI=1S/C14H23N5O/c15-12-16-13(19-9-5-2-6-10-19)18-14(17-12)20-11-7-3-1-4-8-11/h11H,1-10H2,(H2,15,16,17,18). The maximum atomic E-state index is 5.90. The van der Waals surface area contributed by atoms with Gasteiger partial charge in [-0.15, -0.1) is 0 Å². The molecule has 0 bridgehead atoms. The van der Waals surface area contributed by atoms with E-state index in [-0.39, 0.29) is 12.1 Å². The third-order valence-corrected chi connectivity index (χ3v) is 4.08. The van der Waals surface area contributed by atoms with E-state index in [0.29, 0.717) is 12.0 Å². The minimum atomic E-state index is 0.236. The summed E-state index contributed by atoms with van der Waals surface area (Å²) in [5.41, 5.74) is 5.80. The van der Waals surface area contributed by atoms with Crippen LogP contribution in [0.2, 0.25) is 0 Å². The number of nitrogen functional groups attached to an aromatic ring is 1. The Kier molecular flexibility index (Phi) is 4.18. The molecule has 0 atom stereocenters. The van der Waals surface area contributed by atoms with Crippen molar-refractivity contribution in [2.45, 2.75) is 57.5 Å². The van der Waals surface area contributed by atoms with Crippen molar-refractivity contribution >= 4 is 11.9 Å². The van der Waals surface area contributed by atoms with Gasteiger partial charge < -0.3 is 15.4 Å². The van der Waals surface area contributed by atoms with Gasteiger partial charge in [-0.25, -0.2) is 0 Å². The lowest BCUT2D eigenvalue weighted by Crippen LogP contribution is -2.31. The molecule has 6 heteroatoms. The molecule has 1 aliphatic carbocycles. The average molecular weight is 277 g/mol. The zero-order valence-corrected chi connectivity index (χ0v) is 11.9. The van der Waals surface area contributed by atoms with Crippen molar-refractivity contribution in [1.82, 2.24) is 15.0 Å². The van der Waals surface area contributed by atoms with Crippen LogP contribution in [0.5, 0.6) is 6.01 Å². The van der Waals surface area contributed by atoms with Crippen LogP contribution < -0.4 is 15.4 Å². The summed E-state index contributed by atoms with van der Waals surface area (Å²) in [6.07, 6.45) is 9.82. The summed E-state index contributed by atoms with van der Waals surface area (Å²) in [6.45, 7) is 1.98. The normalized spacial score (nSPS) is 20.9. The first-order valence-corrected chi connectivity index (χ1v) is 7.74. The van der Waals surface area contributed by atoms with E-state index in [1.54, 1.807) is 0 Å². The molecule has 3 rings (SSSR count). The van der Waals surface area contributed by atoms with Crippen LogP contribution in [0.25, 0.3) is 0 Å². The highest BCUT2D eigenvalue weighted by Gasteiger charge is 2.19. The molecule has 1 saturated carbocycles. The van der Waals surface area contributed by atoms with E-state index in [0.717, 1.165) is 25.9 Å². The van der Waals surface area contributed by atoms with Gasteiger partial charge in [-0.05, 0) is 44.9 Å². The molecule has 1 aromatic rings. The van der Waals surface area contributed by atoms with Crippen LogP contribution in [0.4, 0.5) is 11.9 Å². The van der Waals surface area contributed by atoms with Crippen LogP contribution in [0, 0.1) is 0 Å². The Balaban J connectivity index is 1.71. The topological polar surface area (TPSA) is 77.2 Å². The molecule has 1 aromatic heterocycles. The van der Waals surface area contributed by atoms with Gasteiger partial charge in [0.1, 0.15) is 6.10 Å². The van der Waals surface area contributed by atoms with Crippen molar-refractivity contribution in [3.63, 3.8) is 0 Å². The van der Waals surface area contributed by atoms with E-state index in [1.807, 2.05) is 0 Å². The fourth-order valence-corrected chi connectivity index (χ4v) is 2.98. The average Bonchev–Trinajstić information content (AvgIpc) is 2.49. The molecule has 2 aliphatic rings. The zero-order chi connectivity index (χ0) is 13.8. The maximum Gasteiger partial charge on any atom is 0.323 e. The van der Waals surface area contributed by atoms with Crippen LogP contribution in [-0.2, 0) is 0 Å². The Labute approximate surface area is 119 Å². The minimum absolute atomic E-state index is 0.236. The first kappa shape index (κ1) is 13.4. The fraction of sp³-hybridized carbons (Fsp3) is 0.786. The predicted octanol–water partition coefficient (Wildman–Crippen LogP) is 2.16. The second-order valence-corrected chi connectivity index (χ2v) is 5.70. The molecular weight excluding hydrogens is 254 g/mol. The maximum absolute atomic E-state index is 5.90. The van der Waals surface area contributed by atoms with Gasteiger partial charge in [0.2, 0.25) is 11.9 Å². The van der Waals surface area contributed by atoms with Gasteiger partial charge in [0.15, 0.2) is 0 Å². The summed E-state index contributed by atoms with van der Waals surface area (Å²) in [7, 11) is 0. The Morgan fingerprint density at radius 2 is 1.60 bits per heavy atom. The van der Waals surface area contributed by atoms with Crippen molar-refractivity contribution in [3.8, 4) is 6.01 Å². The van der Waals surface area contributed by atoms with Crippen LogP contribution in [0.1, 0.15) is 51.4 Å². The van der Waals surface area contributed by atoms with Gasteiger partial charge >= 0.3 is 6.01 Å². The number of piperidine rings is 1. The van der Waals surface area contributed by atoms with E-state index in [2.05, 4.69) is 19.9 Å². The molecular formula is C14H23N5O. The molecule has 2 heterocycles. The van der Waals surface area contributed by atoms with E-state index in [9.17, 15) is 0 Å². The smallest absolute Gasteiger partial charge is 0.323 e. The molecule has 0 aromatic carbocycles. The number of hydrogen-bond acceptors (Lipinski definition) is 6. The second kappa shape index (κ2) is 6.24. The van der Waals surface area contributed by atoms with E-state index < -0.39 is 0 Å². The Hall–Kier alpha value is -1.59. The lowest BCUT2D eigenvalue weighted by Gasteiger charge is -2.27. The summed E-state index contributed by atoms with van der Waals surface area (Å²) in [6, 6.07) is 0.393. The molecule has 0 amide bonds. The minimum Gasteiger partial charge on any atom is -0.460 e. The number of anilines is 2. The largest absolute Gasteiger partial charge is 0.460 e. The molecule has 110 valence electrons. The Morgan fingerprint density at radius 1 is 0.900 bits per heavy atom. The molecule has 0 spiro atoms. The lowest BCUT2D eigenvalue weighted by atomic mass is 9.98. The molecule has 2 fully saturated rings. The van der Waals surface area contributed by atoms with E-state index >= 15 is 0 Å². The monoisotopic (exact) mass is 277 g/mol. The molecule has 1 saturated heterocycles. The highest BCUT2D eigenvalue weighted by atomic mass is 16.5. The van der Waals surface area contributed by atoms with Gasteiger partial charge in [-0.1, -0.05) is 6.42 Å². The van der Waals surface area contributed by atoms with Crippen molar-refractivity contribution < 1.29 is 4.74 Å². The third-order valence-electron chi connectivity index (χ3n) is 4.08. The van der Waals surface area contributed by atoms with Gasteiger partial charge in [-0.3, -0.25) is 0 Å². The first-order valence-electron chi connectivity index (χ1n) is 7.74. The molecule has 2 N–H and O–H groups in total. The summed E-state index contributed by atoms with van der Waals surface area (Å²) in [4.78, 5) is 15.0. The number of nitrogens with two attached hydrogens (primary N) is 1.